The van der Waals surface area contributed by atoms with Gasteiger partial charge in [-0.1, -0.05) is 32.1 Å². The molecule has 0 radical (unpaired) electrons. The van der Waals surface area contributed by atoms with Crippen molar-refractivity contribution < 1.29 is 19.0 Å². The van der Waals surface area contributed by atoms with Crippen LogP contribution in [0.4, 0.5) is 0 Å². The van der Waals surface area contributed by atoms with Crippen molar-refractivity contribution in [2.75, 3.05) is 6.61 Å². The summed E-state index contributed by atoms with van der Waals surface area (Å²) in [4.78, 5) is 10.9. The highest BCUT2D eigenvalue weighted by atomic mass is 16.6. The first-order valence-electron chi connectivity index (χ1n) is 10.1. The number of epoxide rings is 2. The summed E-state index contributed by atoms with van der Waals surface area (Å²) >= 11 is 0. The fraction of sp³-hybridized carbons (Fsp3) is 0.783. The second-order valence-corrected chi connectivity index (χ2v) is 9.49. The van der Waals surface area contributed by atoms with Crippen LogP contribution in [0.1, 0.15) is 81.1 Å². The molecule has 0 aromatic rings. The minimum absolute atomic E-state index is 0.00168. The summed E-state index contributed by atoms with van der Waals surface area (Å²) in [6, 6.07) is 0. The number of allylic oxidation sites excluding steroid dienone is 2. The molecule has 2 saturated heterocycles. The molecule has 2 fully saturated rings. The lowest BCUT2D eigenvalue weighted by molar-refractivity contribution is -0.151. The summed E-state index contributed by atoms with van der Waals surface area (Å²) in [5, 5.41) is 0. The quantitative estimate of drug-likeness (QED) is 0.296. The Labute approximate surface area is 166 Å². The maximum absolute atomic E-state index is 10.9. The van der Waals surface area contributed by atoms with E-state index in [1.165, 1.54) is 25.3 Å². The monoisotopic (exact) mass is 380 g/mol. The average molecular weight is 381 g/mol. The van der Waals surface area contributed by atoms with Crippen molar-refractivity contribution >= 4 is 5.97 Å². The SMILES string of the molecule is C=CC(C)(CCC1OC1(C)C)OC(C)=O.CC(C)=CCCC(C)(C)C1CO1. The molecule has 4 heteroatoms. The summed E-state index contributed by atoms with van der Waals surface area (Å²) in [5.74, 6) is -0.270. The Morgan fingerprint density at radius 3 is 2.15 bits per heavy atom. The van der Waals surface area contributed by atoms with E-state index >= 15 is 0 Å². The van der Waals surface area contributed by atoms with Gasteiger partial charge in [-0.2, -0.15) is 0 Å². The molecule has 3 unspecified atom stereocenters. The number of hydrogen-bond donors (Lipinski definition) is 0. The van der Waals surface area contributed by atoms with Gasteiger partial charge in [0, 0.05) is 6.92 Å². The van der Waals surface area contributed by atoms with Crippen LogP contribution in [0.25, 0.3) is 0 Å². The molecule has 0 aromatic heterocycles. The Kier molecular flexibility index (Phi) is 8.31. The van der Waals surface area contributed by atoms with Gasteiger partial charge in [-0.15, -0.1) is 0 Å². The Morgan fingerprint density at radius 2 is 1.78 bits per heavy atom. The maximum atomic E-state index is 10.9. The third-order valence-corrected chi connectivity index (χ3v) is 5.42. The van der Waals surface area contributed by atoms with Gasteiger partial charge in [0.05, 0.1) is 24.4 Å². The number of rotatable bonds is 9. The number of carbonyl (C=O) groups is 1. The van der Waals surface area contributed by atoms with Gasteiger partial charge in [0.25, 0.3) is 0 Å². The van der Waals surface area contributed by atoms with Crippen LogP contribution in [-0.4, -0.2) is 36.0 Å². The van der Waals surface area contributed by atoms with Crippen molar-refractivity contribution in [1.82, 2.24) is 0 Å². The van der Waals surface area contributed by atoms with Gasteiger partial charge in [0.15, 0.2) is 0 Å². The molecule has 4 nitrogen and oxygen atoms in total. The molecule has 0 saturated carbocycles. The normalized spacial score (nSPS) is 24.6. The second-order valence-electron chi connectivity index (χ2n) is 9.49. The smallest absolute Gasteiger partial charge is 0.303 e. The van der Waals surface area contributed by atoms with Gasteiger partial charge in [-0.3, -0.25) is 4.79 Å². The summed E-state index contributed by atoms with van der Waals surface area (Å²) in [6.07, 6.45) is 8.88. The Bertz CT molecular complexity index is 539. The van der Waals surface area contributed by atoms with Gasteiger partial charge in [0.2, 0.25) is 0 Å². The molecule has 3 atom stereocenters. The molecule has 0 aromatic carbocycles. The molecular formula is C23H40O4. The van der Waals surface area contributed by atoms with Gasteiger partial charge in [0.1, 0.15) is 5.60 Å². The molecule has 0 N–H and O–H groups in total. The fourth-order valence-corrected chi connectivity index (χ4v) is 3.07. The second kappa shape index (κ2) is 9.38. The van der Waals surface area contributed by atoms with Crippen molar-refractivity contribution in [2.24, 2.45) is 5.41 Å². The van der Waals surface area contributed by atoms with Gasteiger partial charge < -0.3 is 14.2 Å². The molecule has 0 aliphatic carbocycles. The fourth-order valence-electron chi connectivity index (χ4n) is 3.07. The van der Waals surface area contributed by atoms with Crippen LogP contribution < -0.4 is 0 Å². The minimum atomic E-state index is -0.562. The topological polar surface area (TPSA) is 51.4 Å². The predicted molar refractivity (Wildman–Crippen MR) is 111 cm³/mol. The zero-order valence-corrected chi connectivity index (χ0v) is 18.7. The van der Waals surface area contributed by atoms with Crippen molar-refractivity contribution in [3.63, 3.8) is 0 Å². The molecule has 2 aliphatic rings. The zero-order chi connectivity index (χ0) is 20.9. The molecular weight excluding hydrogens is 340 g/mol. The van der Waals surface area contributed by atoms with Gasteiger partial charge in [-0.05, 0) is 71.8 Å². The molecule has 156 valence electrons. The summed E-state index contributed by atoms with van der Waals surface area (Å²) < 4.78 is 16.0. The first-order valence-corrected chi connectivity index (χ1v) is 10.1. The van der Waals surface area contributed by atoms with E-state index in [4.69, 9.17) is 14.2 Å². The third-order valence-electron chi connectivity index (χ3n) is 5.42. The number of hydrogen-bond acceptors (Lipinski definition) is 4. The van der Waals surface area contributed by atoms with E-state index in [9.17, 15) is 4.79 Å². The third kappa shape index (κ3) is 9.07. The van der Waals surface area contributed by atoms with E-state index in [0.717, 1.165) is 19.4 Å². The van der Waals surface area contributed by atoms with Crippen molar-refractivity contribution in [3.05, 3.63) is 24.3 Å². The number of ether oxygens (including phenoxy) is 3. The van der Waals surface area contributed by atoms with E-state index in [2.05, 4.69) is 54.2 Å². The predicted octanol–water partition coefficient (Wildman–Crippen LogP) is 5.61. The lowest BCUT2D eigenvalue weighted by atomic mass is 9.84. The van der Waals surface area contributed by atoms with Crippen LogP contribution in [0.5, 0.6) is 0 Å². The van der Waals surface area contributed by atoms with Crippen molar-refractivity contribution in [3.8, 4) is 0 Å². The van der Waals surface area contributed by atoms with Crippen LogP contribution in [-0.2, 0) is 19.0 Å². The Balaban J connectivity index is 0.000000277. The van der Waals surface area contributed by atoms with E-state index in [-0.39, 0.29) is 17.7 Å². The lowest BCUT2D eigenvalue weighted by Gasteiger charge is -2.25. The van der Waals surface area contributed by atoms with Crippen LogP contribution in [0.3, 0.4) is 0 Å². The van der Waals surface area contributed by atoms with E-state index < -0.39 is 5.60 Å². The first-order chi connectivity index (χ1) is 12.3. The molecule has 2 rings (SSSR count). The van der Waals surface area contributed by atoms with E-state index in [1.807, 2.05) is 6.92 Å². The average Bonchev–Trinajstić information content (AvgIpc) is 3.41. The highest BCUT2D eigenvalue weighted by Crippen LogP contribution is 2.40. The van der Waals surface area contributed by atoms with Crippen LogP contribution >= 0.6 is 0 Å². The lowest BCUT2D eigenvalue weighted by Crippen LogP contribution is -2.29. The Morgan fingerprint density at radius 1 is 1.22 bits per heavy atom. The molecule has 27 heavy (non-hydrogen) atoms. The maximum Gasteiger partial charge on any atom is 0.303 e. The summed E-state index contributed by atoms with van der Waals surface area (Å²) in [5.41, 5.74) is 1.24. The summed E-state index contributed by atoms with van der Waals surface area (Å²) in [6.45, 7) is 21.0. The van der Waals surface area contributed by atoms with Crippen LogP contribution in [0.2, 0.25) is 0 Å². The van der Waals surface area contributed by atoms with Crippen LogP contribution in [0, 0.1) is 5.41 Å². The van der Waals surface area contributed by atoms with Gasteiger partial charge >= 0.3 is 5.97 Å². The molecule has 0 amide bonds. The van der Waals surface area contributed by atoms with E-state index in [1.54, 1.807) is 6.08 Å². The van der Waals surface area contributed by atoms with E-state index in [0.29, 0.717) is 11.5 Å². The number of carbonyl (C=O) groups excluding carboxylic acids is 1. The Hall–Kier alpha value is -1.13. The molecule has 2 aliphatic heterocycles. The summed E-state index contributed by atoms with van der Waals surface area (Å²) in [7, 11) is 0. The zero-order valence-electron chi connectivity index (χ0n) is 18.7. The van der Waals surface area contributed by atoms with Crippen LogP contribution in [0.15, 0.2) is 24.3 Å². The number of esters is 1. The molecule has 2 heterocycles. The highest BCUT2D eigenvalue weighted by molar-refractivity contribution is 5.66. The molecule has 0 bridgehead atoms. The van der Waals surface area contributed by atoms with Crippen molar-refractivity contribution in [2.45, 2.75) is 104 Å². The van der Waals surface area contributed by atoms with Gasteiger partial charge in [-0.25, -0.2) is 0 Å². The highest BCUT2D eigenvalue weighted by Gasteiger charge is 2.48. The van der Waals surface area contributed by atoms with Crippen molar-refractivity contribution in [1.29, 1.82) is 0 Å². The largest absolute Gasteiger partial charge is 0.455 e. The standard InChI is InChI=1S/C12H20O3.C11H20O/c1-6-12(5,14-9(2)13)8-7-10-11(3,4)15-10;1-9(2)6-5-7-11(3,4)10-8-12-10/h6,10H,1,7-8H2,2-5H3;6,10H,5,7-8H2,1-4H3. The molecule has 0 spiro atoms. The minimum Gasteiger partial charge on any atom is -0.455 e. The first kappa shape index (κ1) is 23.9.